The Hall–Kier alpha value is -2.63. The minimum absolute atomic E-state index is 0.0118. The molecular formula is C19H23N3O3. The normalized spacial score (nSPS) is 20.2. The lowest BCUT2D eigenvalue weighted by atomic mass is 9.87. The number of nitrogens with one attached hydrogen (secondary N) is 3. The van der Waals surface area contributed by atoms with Gasteiger partial charge in [-0.05, 0) is 30.9 Å². The highest BCUT2D eigenvalue weighted by molar-refractivity contribution is 5.98. The van der Waals surface area contributed by atoms with Crippen molar-refractivity contribution in [2.75, 3.05) is 6.54 Å². The number of H-pyrrole nitrogens is 1. The van der Waals surface area contributed by atoms with Gasteiger partial charge in [0.2, 0.25) is 11.3 Å². The van der Waals surface area contributed by atoms with Crippen LogP contribution in [0.5, 0.6) is 0 Å². The molecule has 6 nitrogen and oxygen atoms in total. The van der Waals surface area contributed by atoms with E-state index in [0.717, 1.165) is 19.3 Å². The molecule has 2 atom stereocenters. The average Bonchev–Trinajstić information content (AvgIpc) is 2.60. The van der Waals surface area contributed by atoms with Crippen LogP contribution in [0.4, 0.5) is 0 Å². The molecule has 1 aromatic heterocycles. The van der Waals surface area contributed by atoms with Gasteiger partial charge in [-0.1, -0.05) is 31.9 Å². The Morgan fingerprint density at radius 2 is 2.04 bits per heavy atom. The summed E-state index contributed by atoms with van der Waals surface area (Å²) in [5, 5.41) is 5.95. The first kappa shape index (κ1) is 17.2. The molecule has 3 rings (SSSR count). The van der Waals surface area contributed by atoms with Crippen LogP contribution in [-0.4, -0.2) is 29.4 Å². The molecule has 3 N–H and O–H groups in total. The van der Waals surface area contributed by atoms with Crippen molar-refractivity contribution in [3.8, 4) is 0 Å². The fraction of sp³-hybridized carbons (Fsp3) is 0.421. The van der Waals surface area contributed by atoms with Crippen LogP contribution in [0.2, 0.25) is 0 Å². The topological polar surface area (TPSA) is 91.1 Å². The van der Waals surface area contributed by atoms with Crippen molar-refractivity contribution < 1.29 is 9.59 Å². The number of rotatable bonds is 4. The van der Waals surface area contributed by atoms with Crippen LogP contribution in [0.15, 0.2) is 35.3 Å². The van der Waals surface area contributed by atoms with E-state index in [1.54, 1.807) is 18.2 Å². The molecule has 0 spiro atoms. The predicted octanol–water partition coefficient (Wildman–Crippen LogP) is 1.95. The van der Waals surface area contributed by atoms with E-state index in [1.807, 2.05) is 6.07 Å². The number of carbonyl (C=O) groups is 2. The summed E-state index contributed by atoms with van der Waals surface area (Å²) in [6.07, 6.45) is 5.66. The maximum absolute atomic E-state index is 12.4. The number of fused-ring (bicyclic) bond motifs is 1. The Morgan fingerprint density at radius 3 is 2.84 bits per heavy atom. The van der Waals surface area contributed by atoms with Gasteiger partial charge in [-0.3, -0.25) is 14.4 Å². The van der Waals surface area contributed by atoms with Gasteiger partial charge in [-0.15, -0.1) is 0 Å². The molecule has 1 heterocycles. The number of aromatic amines is 1. The highest BCUT2D eigenvalue weighted by atomic mass is 16.2. The van der Waals surface area contributed by atoms with Crippen molar-refractivity contribution in [2.45, 2.75) is 38.6 Å². The van der Waals surface area contributed by atoms with Crippen molar-refractivity contribution in [1.82, 2.24) is 15.6 Å². The summed E-state index contributed by atoms with van der Waals surface area (Å²) >= 11 is 0. The molecular weight excluding hydrogens is 318 g/mol. The summed E-state index contributed by atoms with van der Waals surface area (Å²) in [7, 11) is 0. The van der Waals surface area contributed by atoms with Gasteiger partial charge in [0.05, 0.1) is 6.54 Å². The van der Waals surface area contributed by atoms with Gasteiger partial charge >= 0.3 is 0 Å². The van der Waals surface area contributed by atoms with Crippen LogP contribution in [0, 0.1) is 5.92 Å². The molecule has 25 heavy (non-hydrogen) atoms. The molecule has 1 aliphatic carbocycles. The van der Waals surface area contributed by atoms with Gasteiger partial charge in [0.25, 0.3) is 5.91 Å². The fourth-order valence-electron chi connectivity index (χ4n) is 3.44. The predicted molar refractivity (Wildman–Crippen MR) is 96.5 cm³/mol. The summed E-state index contributed by atoms with van der Waals surface area (Å²) < 4.78 is 0. The van der Waals surface area contributed by atoms with Gasteiger partial charge in [-0.2, -0.15) is 0 Å². The third-order valence-electron chi connectivity index (χ3n) is 4.74. The van der Waals surface area contributed by atoms with E-state index in [-0.39, 0.29) is 29.5 Å². The molecule has 2 aromatic rings. The van der Waals surface area contributed by atoms with Gasteiger partial charge in [0.15, 0.2) is 0 Å². The van der Waals surface area contributed by atoms with E-state index < -0.39 is 5.91 Å². The lowest BCUT2D eigenvalue weighted by Crippen LogP contribution is -2.44. The largest absolute Gasteiger partial charge is 0.360 e. The van der Waals surface area contributed by atoms with Crippen LogP contribution >= 0.6 is 0 Å². The third-order valence-corrected chi connectivity index (χ3v) is 4.74. The SMILES string of the molecule is CC1CCCC(NC(=O)CNC(=O)c2c[nH]c3ccccc3c2=O)C1. The summed E-state index contributed by atoms with van der Waals surface area (Å²) in [6, 6.07) is 7.18. The molecule has 0 bridgehead atoms. The van der Waals surface area contributed by atoms with Crippen molar-refractivity contribution in [3.05, 3.63) is 46.2 Å². The second-order valence-corrected chi connectivity index (χ2v) is 6.80. The third kappa shape index (κ3) is 4.07. The minimum atomic E-state index is -0.542. The second-order valence-electron chi connectivity index (χ2n) is 6.80. The lowest BCUT2D eigenvalue weighted by molar-refractivity contribution is -0.121. The van der Waals surface area contributed by atoms with Gasteiger partial charge in [0, 0.05) is 23.1 Å². The van der Waals surface area contributed by atoms with Gasteiger partial charge < -0.3 is 15.6 Å². The Labute approximate surface area is 146 Å². The number of hydrogen-bond acceptors (Lipinski definition) is 3. The number of para-hydroxylation sites is 1. The minimum Gasteiger partial charge on any atom is -0.360 e. The molecule has 132 valence electrons. The number of carbonyl (C=O) groups excluding carboxylic acids is 2. The number of aromatic nitrogens is 1. The Balaban J connectivity index is 1.60. The number of hydrogen-bond donors (Lipinski definition) is 3. The zero-order valence-electron chi connectivity index (χ0n) is 14.3. The summed E-state index contributed by atoms with van der Waals surface area (Å²) in [5.41, 5.74) is 0.347. The van der Waals surface area contributed by atoms with Crippen molar-refractivity contribution in [3.63, 3.8) is 0 Å². The van der Waals surface area contributed by atoms with E-state index in [1.165, 1.54) is 12.6 Å². The molecule has 1 fully saturated rings. The van der Waals surface area contributed by atoms with Crippen LogP contribution in [0.3, 0.4) is 0 Å². The Kier molecular flexibility index (Phi) is 5.16. The van der Waals surface area contributed by atoms with Crippen LogP contribution in [0.25, 0.3) is 10.9 Å². The molecule has 6 heteroatoms. The monoisotopic (exact) mass is 341 g/mol. The molecule has 2 unspecified atom stereocenters. The van der Waals surface area contributed by atoms with Crippen molar-refractivity contribution in [1.29, 1.82) is 0 Å². The first-order chi connectivity index (χ1) is 12.0. The van der Waals surface area contributed by atoms with Gasteiger partial charge in [-0.25, -0.2) is 0 Å². The zero-order chi connectivity index (χ0) is 17.8. The highest BCUT2D eigenvalue weighted by Crippen LogP contribution is 2.23. The van der Waals surface area contributed by atoms with E-state index in [0.29, 0.717) is 16.8 Å². The quantitative estimate of drug-likeness (QED) is 0.794. The van der Waals surface area contributed by atoms with Crippen molar-refractivity contribution >= 4 is 22.7 Å². The van der Waals surface area contributed by atoms with Crippen LogP contribution in [0.1, 0.15) is 43.0 Å². The standard InChI is InChI=1S/C19H23N3O3/c1-12-5-4-6-13(9-12)22-17(23)11-21-19(25)15-10-20-16-8-3-2-7-14(16)18(15)24/h2-3,7-8,10,12-13H,4-6,9,11H2,1H3,(H,20,24)(H,21,25)(H,22,23). The molecule has 0 aliphatic heterocycles. The highest BCUT2D eigenvalue weighted by Gasteiger charge is 2.21. The lowest BCUT2D eigenvalue weighted by Gasteiger charge is -2.27. The second kappa shape index (κ2) is 7.51. The maximum Gasteiger partial charge on any atom is 0.257 e. The Morgan fingerprint density at radius 1 is 1.24 bits per heavy atom. The maximum atomic E-state index is 12.4. The number of benzene rings is 1. The average molecular weight is 341 g/mol. The van der Waals surface area contributed by atoms with Crippen LogP contribution < -0.4 is 16.1 Å². The zero-order valence-corrected chi connectivity index (χ0v) is 14.3. The van der Waals surface area contributed by atoms with E-state index in [4.69, 9.17) is 0 Å². The van der Waals surface area contributed by atoms with Crippen molar-refractivity contribution in [2.24, 2.45) is 5.92 Å². The van der Waals surface area contributed by atoms with E-state index >= 15 is 0 Å². The fourth-order valence-corrected chi connectivity index (χ4v) is 3.44. The molecule has 1 aliphatic rings. The molecule has 1 aromatic carbocycles. The summed E-state index contributed by atoms with van der Waals surface area (Å²) in [6.45, 7) is 2.06. The summed E-state index contributed by atoms with van der Waals surface area (Å²) in [5.74, 6) is -0.145. The number of amides is 2. The summed E-state index contributed by atoms with van der Waals surface area (Å²) in [4.78, 5) is 39.6. The first-order valence-electron chi connectivity index (χ1n) is 8.72. The number of pyridine rings is 1. The van der Waals surface area contributed by atoms with Crippen LogP contribution in [-0.2, 0) is 4.79 Å². The molecule has 0 saturated heterocycles. The molecule has 0 radical (unpaired) electrons. The first-order valence-corrected chi connectivity index (χ1v) is 8.72. The van der Waals surface area contributed by atoms with E-state index in [9.17, 15) is 14.4 Å². The smallest absolute Gasteiger partial charge is 0.257 e. The van der Waals surface area contributed by atoms with Gasteiger partial charge in [0.1, 0.15) is 5.56 Å². The molecule has 1 saturated carbocycles. The van der Waals surface area contributed by atoms with E-state index in [2.05, 4.69) is 22.5 Å². The Bertz CT molecular complexity index is 843. The molecule has 2 amide bonds.